The van der Waals surface area contributed by atoms with E-state index in [2.05, 4.69) is 10.1 Å². The van der Waals surface area contributed by atoms with Crippen LogP contribution in [-0.2, 0) is 0 Å². The molecule has 0 saturated carbocycles. The molecule has 0 saturated heterocycles. The van der Waals surface area contributed by atoms with Crippen LogP contribution < -0.4 is 4.74 Å². The average Bonchev–Trinajstić information content (AvgIpc) is 3.06. The number of aromatic nitrogens is 3. The number of benzene rings is 2. The first-order valence-corrected chi connectivity index (χ1v) is 9.43. The van der Waals surface area contributed by atoms with E-state index >= 15 is 0 Å². The van der Waals surface area contributed by atoms with Crippen LogP contribution >= 0.6 is 23.2 Å². The summed E-state index contributed by atoms with van der Waals surface area (Å²) in [6.07, 6.45) is -2.69. The van der Waals surface area contributed by atoms with Gasteiger partial charge in [-0.2, -0.15) is 5.10 Å². The number of nitrogens with zero attached hydrogens (tertiary/aromatic N) is 3. The Bertz CT molecular complexity index is 1210. The Morgan fingerprint density at radius 3 is 2.34 bits per heavy atom. The zero-order valence-corrected chi connectivity index (χ0v) is 17.0. The molecule has 0 atom stereocenters. The summed E-state index contributed by atoms with van der Waals surface area (Å²) in [5.74, 6) is 0.680. The second-order valence-electron chi connectivity index (χ2n) is 6.42. The molecular weight excluding hydrogens is 419 g/mol. The second-order valence-corrected chi connectivity index (χ2v) is 7.23. The van der Waals surface area contributed by atoms with Gasteiger partial charge in [0.2, 0.25) is 0 Å². The largest absolute Gasteiger partial charge is 0.497 e. The van der Waals surface area contributed by atoms with Crippen LogP contribution in [0.3, 0.4) is 0 Å². The minimum absolute atomic E-state index is 0.131. The number of pyridine rings is 1. The Labute approximate surface area is 175 Å². The number of fused-ring (bicyclic) bond motifs is 1. The van der Waals surface area contributed by atoms with E-state index in [1.165, 1.54) is 6.07 Å². The fraction of sp³-hybridized carbons (Fsp3) is 0.143. The van der Waals surface area contributed by atoms with Crippen LogP contribution in [0.1, 0.15) is 17.7 Å². The fourth-order valence-electron chi connectivity index (χ4n) is 3.20. The van der Waals surface area contributed by atoms with Crippen molar-refractivity contribution < 1.29 is 13.5 Å². The van der Waals surface area contributed by atoms with E-state index in [0.717, 1.165) is 0 Å². The number of hydrogen-bond donors (Lipinski definition) is 0. The highest BCUT2D eigenvalue weighted by molar-refractivity contribution is 6.42. The second kappa shape index (κ2) is 7.61. The summed E-state index contributed by atoms with van der Waals surface area (Å²) in [4.78, 5) is 4.63. The fourth-order valence-corrected chi connectivity index (χ4v) is 3.50. The maximum Gasteiger partial charge on any atom is 0.264 e. The van der Waals surface area contributed by atoms with Gasteiger partial charge >= 0.3 is 0 Å². The van der Waals surface area contributed by atoms with Crippen LogP contribution in [0.25, 0.3) is 28.0 Å². The summed E-state index contributed by atoms with van der Waals surface area (Å²) in [5, 5.41) is 5.49. The molecule has 2 heterocycles. The zero-order valence-electron chi connectivity index (χ0n) is 15.5. The molecule has 4 aromatic rings. The van der Waals surface area contributed by atoms with Crippen molar-refractivity contribution in [2.24, 2.45) is 0 Å². The molecule has 4 nitrogen and oxygen atoms in total. The molecule has 0 bridgehead atoms. The summed E-state index contributed by atoms with van der Waals surface area (Å²) in [6.45, 7) is 1.69. The molecule has 0 aliphatic heterocycles. The summed E-state index contributed by atoms with van der Waals surface area (Å²) >= 11 is 12.1. The van der Waals surface area contributed by atoms with Crippen molar-refractivity contribution in [1.82, 2.24) is 14.8 Å². The monoisotopic (exact) mass is 433 g/mol. The molecule has 0 spiro atoms. The van der Waals surface area contributed by atoms with Crippen LogP contribution in [0.15, 0.2) is 48.5 Å². The third-order valence-electron chi connectivity index (χ3n) is 4.61. The molecular formula is C21H15Cl2F2N3O. The number of rotatable bonds is 4. The lowest BCUT2D eigenvalue weighted by molar-refractivity contribution is 0.153. The van der Waals surface area contributed by atoms with Crippen molar-refractivity contribution in [3.63, 3.8) is 0 Å². The first-order valence-electron chi connectivity index (χ1n) is 8.67. The van der Waals surface area contributed by atoms with Gasteiger partial charge in [-0.05, 0) is 49.4 Å². The Balaban J connectivity index is 1.98. The lowest BCUT2D eigenvalue weighted by atomic mass is 10.1. The van der Waals surface area contributed by atoms with E-state index in [9.17, 15) is 8.78 Å². The highest BCUT2D eigenvalue weighted by Gasteiger charge is 2.22. The van der Waals surface area contributed by atoms with Crippen molar-refractivity contribution in [3.05, 3.63) is 69.8 Å². The van der Waals surface area contributed by atoms with E-state index in [4.69, 9.17) is 27.9 Å². The molecule has 0 fully saturated rings. The number of methoxy groups -OCH3 is 1. The maximum absolute atomic E-state index is 13.9. The van der Waals surface area contributed by atoms with Crippen molar-refractivity contribution in [3.8, 4) is 22.7 Å². The lowest BCUT2D eigenvalue weighted by Crippen LogP contribution is -2.00. The molecule has 148 valence electrons. The molecule has 0 amide bonds. The predicted molar refractivity (Wildman–Crippen MR) is 111 cm³/mol. The molecule has 4 rings (SSSR count). The Morgan fingerprint density at radius 2 is 1.72 bits per heavy atom. The number of aryl methyl sites for hydroxylation is 1. The topological polar surface area (TPSA) is 39.9 Å². The number of hydrogen-bond acceptors (Lipinski definition) is 3. The summed E-state index contributed by atoms with van der Waals surface area (Å²) in [5.41, 5.74) is 2.31. The van der Waals surface area contributed by atoms with Gasteiger partial charge in [-0.3, -0.25) is 0 Å². The predicted octanol–water partition coefficient (Wildman–Crippen LogP) is 6.65. The van der Waals surface area contributed by atoms with Gasteiger partial charge in [0.25, 0.3) is 6.43 Å². The highest BCUT2D eigenvalue weighted by atomic mass is 35.5. The van der Waals surface area contributed by atoms with E-state index in [1.54, 1.807) is 61.2 Å². The van der Waals surface area contributed by atoms with Gasteiger partial charge in [-0.25, -0.2) is 18.4 Å². The molecule has 2 aromatic heterocycles. The normalized spacial score (nSPS) is 11.4. The van der Waals surface area contributed by atoms with E-state index < -0.39 is 6.43 Å². The highest BCUT2D eigenvalue weighted by Crippen LogP contribution is 2.35. The van der Waals surface area contributed by atoms with Crippen molar-refractivity contribution >= 4 is 34.2 Å². The maximum atomic E-state index is 13.9. The van der Waals surface area contributed by atoms with Gasteiger partial charge in [0.05, 0.1) is 39.6 Å². The molecule has 29 heavy (non-hydrogen) atoms. The Hall–Kier alpha value is -2.70. The van der Waals surface area contributed by atoms with Crippen molar-refractivity contribution in [1.29, 1.82) is 0 Å². The SMILES string of the molecule is COc1ccc(-n2nc(C)c3c(C(F)F)cc(-c4ccc(Cl)c(Cl)c4)nc32)cc1. The average molecular weight is 434 g/mol. The summed E-state index contributed by atoms with van der Waals surface area (Å²) in [7, 11) is 1.57. The lowest BCUT2D eigenvalue weighted by Gasteiger charge is -2.10. The van der Waals surface area contributed by atoms with Crippen LogP contribution in [-0.4, -0.2) is 21.9 Å². The van der Waals surface area contributed by atoms with Crippen LogP contribution in [0.2, 0.25) is 10.0 Å². The first-order chi connectivity index (χ1) is 13.9. The Kier molecular flexibility index (Phi) is 5.15. The van der Waals surface area contributed by atoms with Gasteiger partial charge in [0.15, 0.2) is 5.65 Å². The molecule has 0 radical (unpaired) electrons. The van der Waals surface area contributed by atoms with Crippen LogP contribution in [0.4, 0.5) is 8.78 Å². The number of ether oxygens (including phenoxy) is 1. The molecule has 0 aliphatic carbocycles. The quantitative estimate of drug-likeness (QED) is 0.361. The molecule has 0 unspecified atom stereocenters. The third kappa shape index (κ3) is 3.54. The van der Waals surface area contributed by atoms with Crippen molar-refractivity contribution in [2.45, 2.75) is 13.3 Å². The van der Waals surface area contributed by atoms with E-state index in [0.29, 0.717) is 49.5 Å². The first kappa shape index (κ1) is 19.6. The van der Waals surface area contributed by atoms with Gasteiger partial charge in [0, 0.05) is 11.1 Å². The van der Waals surface area contributed by atoms with Gasteiger partial charge in [-0.1, -0.05) is 29.3 Å². The molecule has 2 aromatic carbocycles. The smallest absolute Gasteiger partial charge is 0.264 e. The van der Waals surface area contributed by atoms with Crippen LogP contribution in [0, 0.1) is 6.92 Å². The minimum atomic E-state index is -2.69. The summed E-state index contributed by atoms with van der Waals surface area (Å²) in [6, 6.07) is 13.4. The van der Waals surface area contributed by atoms with Crippen molar-refractivity contribution in [2.75, 3.05) is 7.11 Å². The number of alkyl halides is 2. The molecule has 0 N–H and O–H groups in total. The third-order valence-corrected chi connectivity index (χ3v) is 5.35. The van der Waals surface area contributed by atoms with Gasteiger partial charge in [0.1, 0.15) is 5.75 Å². The zero-order chi connectivity index (χ0) is 20.7. The molecule has 0 aliphatic rings. The van der Waals surface area contributed by atoms with Gasteiger partial charge in [-0.15, -0.1) is 0 Å². The van der Waals surface area contributed by atoms with E-state index in [1.807, 2.05) is 0 Å². The number of halogens is 4. The standard InChI is InChI=1S/C21H15Cl2F2N3O/c1-11-19-15(20(24)25)10-18(12-3-8-16(22)17(23)9-12)26-21(19)28(27-11)13-4-6-14(29-2)7-5-13/h3-10,20H,1-2H3. The Morgan fingerprint density at radius 1 is 1.00 bits per heavy atom. The van der Waals surface area contributed by atoms with Crippen LogP contribution in [0.5, 0.6) is 5.75 Å². The summed E-state index contributed by atoms with van der Waals surface area (Å²) < 4.78 is 34.5. The van der Waals surface area contributed by atoms with E-state index in [-0.39, 0.29) is 5.56 Å². The molecule has 8 heteroatoms. The minimum Gasteiger partial charge on any atom is -0.497 e. The van der Waals surface area contributed by atoms with Gasteiger partial charge < -0.3 is 4.74 Å².